The maximum atomic E-state index is 11.5. The summed E-state index contributed by atoms with van der Waals surface area (Å²) in [5.41, 5.74) is 5.31. The number of rotatable bonds is 5. The molecule has 0 aromatic carbocycles. The van der Waals surface area contributed by atoms with Gasteiger partial charge in [-0.3, -0.25) is 4.68 Å². The highest BCUT2D eigenvalue weighted by Crippen LogP contribution is 2.01. The molecule has 1 atom stereocenters. The molecule has 1 heterocycles. The zero-order valence-corrected chi connectivity index (χ0v) is 8.94. The Labute approximate surface area is 83.8 Å². The summed E-state index contributed by atoms with van der Waals surface area (Å²) >= 11 is 0. The molecule has 1 unspecified atom stereocenters. The molecule has 6 heteroatoms. The summed E-state index contributed by atoms with van der Waals surface area (Å²) in [6.07, 6.45) is 3.36. The number of nitrogens with zero attached hydrogens (tertiary/aromatic N) is 2. The summed E-state index contributed by atoms with van der Waals surface area (Å²) < 4.78 is 24.7. The van der Waals surface area contributed by atoms with Crippen LogP contribution >= 0.6 is 0 Å². The highest BCUT2D eigenvalue weighted by atomic mass is 32.2. The molecule has 1 aromatic heterocycles. The van der Waals surface area contributed by atoms with E-state index in [1.807, 2.05) is 0 Å². The van der Waals surface area contributed by atoms with Crippen LogP contribution in [0, 0.1) is 0 Å². The molecule has 0 amide bonds. The van der Waals surface area contributed by atoms with Crippen LogP contribution in [0.15, 0.2) is 18.5 Å². The largest absolute Gasteiger partial charge is 0.329 e. The molecule has 0 spiro atoms. The molecule has 0 fully saturated rings. The molecule has 1 aromatic rings. The van der Waals surface area contributed by atoms with E-state index >= 15 is 0 Å². The van der Waals surface area contributed by atoms with Gasteiger partial charge in [-0.1, -0.05) is 0 Å². The molecule has 0 radical (unpaired) electrons. The Balaban J connectivity index is 2.53. The first-order valence-corrected chi connectivity index (χ1v) is 6.17. The second-order valence-electron chi connectivity index (χ2n) is 3.18. The van der Waals surface area contributed by atoms with Gasteiger partial charge in [0.05, 0.1) is 17.5 Å². The van der Waals surface area contributed by atoms with Crippen LogP contribution < -0.4 is 5.73 Å². The Morgan fingerprint density at radius 1 is 1.57 bits per heavy atom. The van der Waals surface area contributed by atoms with Crippen molar-refractivity contribution in [3.8, 4) is 0 Å². The summed E-state index contributed by atoms with van der Waals surface area (Å²) in [4.78, 5) is 0. The van der Waals surface area contributed by atoms with Crippen molar-refractivity contribution in [1.82, 2.24) is 9.78 Å². The SMILES string of the molecule is CC(CN)S(=O)(=O)CCn1cccn1. The maximum absolute atomic E-state index is 11.5. The number of aryl methyl sites for hydroxylation is 1. The summed E-state index contributed by atoms with van der Waals surface area (Å²) in [6, 6.07) is 1.76. The molecule has 1 rings (SSSR count). The van der Waals surface area contributed by atoms with E-state index in [0.29, 0.717) is 6.54 Å². The lowest BCUT2D eigenvalue weighted by atomic mass is 10.5. The van der Waals surface area contributed by atoms with Crippen LogP contribution in [0.3, 0.4) is 0 Å². The molecule has 2 N–H and O–H groups in total. The summed E-state index contributed by atoms with van der Waals surface area (Å²) in [7, 11) is -3.07. The fraction of sp³-hybridized carbons (Fsp3) is 0.625. The Bertz CT molecular complexity index is 358. The molecule has 14 heavy (non-hydrogen) atoms. The fourth-order valence-electron chi connectivity index (χ4n) is 1.00. The van der Waals surface area contributed by atoms with Crippen molar-refractivity contribution >= 4 is 9.84 Å². The molecule has 0 saturated heterocycles. The van der Waals surface area contributed by atoms with Crippen molar-refractivity contribution in [2.24, 2.45) is 5.73 Å². The van der Waals surface area contributed by atoms with Gasteiger partial charge in [0, 0.05) is 18.9 Å². The average Bonchev–Trinajstić information content (AvgIpc) is 2.66. The van der Waals surface area contributed by atoms with E-state index in [1.165, 1.54) is 0 Å². The predicted molar refractivity (Wildman–Crippen MR) is 54.5 cm³/mol. The zero-order chi connectivity index (χ0) is 10.6. The van der Waals surface area contributed by atoms with Gasteiger partial charge in [-0.15, -0.1) is 0 Å². The van der Waals surface area contributed by atoms with Crippen molar-refractivity contribution in [1.29, 1.82) is 0 Å². The molecule has 0 aliphatic carbocycles. The van der Waals surface area contributed by atoms with E-state index in [1.54, 1.807) is 30.1 Å². The molecule has 5 nitrogen and oxygen atoms in total. The van der Waals surface area contributed by atoms with Gasteiger partial charge in [0.2, 0.25) is 0 Å². The molecule has 0 bridgehead atoms. The quantitative estimate of drug-likeness (QED) is 0.731. The lowest BCUT2D eigenvalue weighted by Crippen LogP contribution is -2.30. The van der Waals surface area contributed by atoms with Gasteiger partial charge < -0.3 is 5.73 Å². The van der Waals surface area contributed by atoms with Gasteiger partial charge in [0.25, 0.3) is 0 Å². The molecule has 0 saturated carbocycles. The number of aromatic nitrogens is 2. The van der Waals surface area contributed by atoms with Crippen molar-refractivity contribution in [3.05, 3.63) is 18.5 Å². The van der Waals surface area contributed by atoms with Crippen LogP contribution in [0.4, 0.5) is 0 Å². The first-order chi connectivity index (χ1) is 6.56. The van der Waals surface area contributed by atoms with Gasteiger partial charge >= 0.3 is 0 Å². The van der Waals surface area contributed by atoms with E-state index in [9.17, 15) is 8.42 Å². The zero-order valence-electron chi connectivity index (χ0n) is 8.13. The van der Waals surface area contributed by atoms with E-state index in [-0.39, 0.29) is 12.3 Å². The van der Waals surface area contributed by atoms with Gasteiger partial charge in [-0.05, 0) is 13.0 Å². The van der Waals surface area contributed by atoms with Crippen molar-refractivity contribution in [3.63, 3.8) is 0 Å². The van der Waals surface area contributed by atoms with Crippen LogP contribution in [0.2, 0.25) is 0 Å². The molecule has 0 aliphatic rings. The van der Waals surface area contributed by atoms with Gasteiger partial charge in [0.15, 0.2) is 9.84 Å². The van der Waals surface area contributed by atoms with Gasteiger partial charge in [-0.25, -0.2) is 8.42 Å². The Morgan fingerprint density at radius 2 is 2.29 bits per heavy atom. The maximum Gasteiger partial charge on any atom is 0.155 e. The van der Waals surface area contributed by atoms with Crippen LogP contribution in [0.5, 0.6) is 0 Å². The van der Waals surface area contributed by atoms with E-state index in [0.717, 1.165) is 0 Å². The molecular weight excluding hydrogens is 202 g/mol. The van der Waals surface area contributed by atoms with E-state index in [2.05, 4.69) is 5.10 Å². The lowest BCUT2D eigenvalue weighted by molar-refractivity contribution is 0.570. The number of hydrogen-bond acceptors (Lipinski definition) is 4. The Morgan fingerprint density at radius 3 is 2.79 bits per heavy atom. The third kappa shape index (κ3) is 2.81. The van der Waals surface area contributed by atoms with E-state index in [4.69, 9.17) is 5.73 Å². The summed E-state index contributed by atoms with van der Waals surface area (Å²) in [5.74, 6) is 0.0903. The van der Waals surface area contributed by atoms with Gasteiger partial charge in [0.1, 0.15) is 0 Å². The first-order valence-electron chi connectivity index (χ1n) is 4.45. The van der Waals surface area contributed by atoms with E-state index < -0.39 is 15.1 Å². The Kier molecular flexibility index (Phi) is 3.65. The monoisotopic (exact) mass is 217 g/mol. The minimum absolute atomic E-state index is 0.0903. The minimum atomic E-state index is -3.07. The van der Waals surface area contributed by atoms with Crippen molar-refractivity contribution < 1.29 is 8.42 Å². The molecular formula is C8H15N3O2S. The third-order valence-electron chi connectivity index (χ3n) is 2.11. The first kappa shape index (κ1) is 11.2. The Hall–Kier alpha value is -0.880. The molecule has 80 valence electrons. The van der Waals surface area contributed by atoms with Crippen LogP contribution in [-0.4, -0.2) is 35.7 Å². The molecule has 0 aliphatic heterocycles. The standard InChI is InChI=1S/C8H15N3O2S/c1-8(7-9)14(12,13)6-5-11-4-2-3-10-11/h2-4,8H,5-7,9H2,1H3. The van der Waals surface area contributed by atoms with Crippen LogP contribution in [-0.2, 0) is 16.4 Å². The van der Waals surface area contributed by atoms with Crippen LogP contribution in [0.25, 0.3) is 0 Å². The van der Waals surface area contributed by atoms with Crippen molar-refractivity contribution in [2.45, 2.75) is 18.7 Å². The highest BCUT2D eigenvalue weighted by Gasteiger charge is 2.18. The predicted octanol–water partition coefficient (Wildman–Crippen LogP) is -0.355. The van der Waals surface area contributed by atoms with Gasteiger partial charge in [-0.2, -0.15) is 5.10 Å². The lowest BCUT2D eigenvalue weighted by Gasteiger charge is -2.09. The third-order valence-corrected chi connectivity index (χ3v) is 4.28. The number of hydrogen-bond donors (Lipinski definition) is 1. The number of nitrogens with two attached hydrogens (primary N) is 1. The summed E-state index contributed by atoms with van der Waals surface area (Å²) in [6.45, 7) is 2.18. The second kappa shape index (κ2) is 4.56. The average molecular weight is 217 g/mol. The minimum Gasteiger partial charge on any atom is -0.329 e. The topological polar surface area (TPSA) is 78.0 Å². The smallest absolute Gasteiger partial charge is 0.155 e. The van der Waals surface area contributed by atoms with Crippen molar-refractivity contribution in [2.75, 3.05) is 12.3 Å². The normalized spacial score (nSPS) is 14.1. The summed E-state index contributed by atoms with van der Waals surface area (Å²) in [5, 5.41) is 3.45. The second-order valence-corrected chi connectivity index (χ2v) is 5.72. The van der Waals surface area contributed by atoms with Crippen LogP contribution in [0.1, 0.15) is 6.92 Å². The number of sulfone groups is 1. The fourth-order valence-corrected chi connectivity index (χ4v) is 2.14. The highest BCUT2D eigenvalue weighted by molar-refractivity contribution is 7.92.